The topological polar surface area (TPSA) is 74.2 Å². The van der Waals surface area contributed by atoms with Gasteiger partial charge in [0.2, 0.25) is 11.7 Å². The minimum atomic E-state index is 0.246. The SMILES string of the molecule is Cc1cc(C)c(OCC2CCC2)c(-c2noc(CN)n2)c1. The van der Waals surface area contributed by atoms with E-state index in [1.54, 1.807) is 0 Å². The van der Waals surface area contributed by atoms with Gasteiger partial charge in [0.1, 0.15) is 5.75 Å². The fraction of sp³-hybridized carbons (Fsp3) is 0.500. The Balaban J connectivity index is 1.92. The van der Waals surface area contributed by atoms with Crippen LogP contribution in [0.3, 0.4) is 0 Å². The molecule has 0 spiro atoms. The predicted octanol–water partition coefficient (Wildman–Crippen LogP) is 2.99. The number of nitrogens with two attached hydrogens (primary N) is 1. The second-order valence-corrected chi connectivity index (χ2v) is 5.78. The van der Waals surface area contributed by atoms with Crippen LogP contribution in [0, 0.1) is 19.8 Å². The number of hydrogen-bond acceptors (Lipinski definition) is 5. The fourth-order valence-electron chi connectivity index (χ4n) is 2.62. The molecule has 1 heterocycles. The molecule has 2 N–H and O–H groups in total. The van der Waals surface area contributed by atoms with E-state index >= 15 is 0 Å². The van der Waals surface area contributed by atoms with E-state index in [-0.39, 0.29) is 6.54 Å². The first-order valence-corrected chi connectivity index (χ1v) is 7.44. The van der Waals surface area contributed by atoms with E-state index in [2.05, 4.69) is 30.1 Å². The lowest BCUT2D eigenvalue weighted by Crippen LogP contribution is -2.19. The Morgan fingerprint density at radius 1 is 1.33 bits per heavy atom. The van der Waals surface area contributed by atoms with Crippen molar-refractivity contribution >= 4 is 0 Å². The number of aryl methyl sites for hydroxylation is 2. The average Bonchev–Trinajstić information content (AvgIpc) is 2.87. The Labute approximate surface area is 124 Å². The highest BCUT2D eigenvalue weighted by atomic mass is 16.5. The van der Waals surface area contributed by atoms with Crippen LogP contribution in [0.1, 0.15) is 36.3 Å². The molecule has 1 aromatic heterocycles. The van der Waals surface area contributed by atoms with Crippen LogP contribution in [0.5, 0.6) is 5.75 Å². The van der Waals surface area contributed by atoms with Gasteiger partial charge in [0.15, 0.2) is 0 Å². The highest BCUT2D eigenvalue weighted by Gasteiger charge is 2.21. The molecule has 0 atom stereocenters. The van der Waals surface area contributed by atoms with Crippen molar-refractivity contribution in [3.63, 3.8) is 0 Å². The summed E-state index contributed by atoms with van der Waals surface area (Å²) in [5.74, 6) is 2.53. The molecule has 1 fully saturated rings. The van der Waals surface area contributed by atoms with Crippen LogP contribution in [0.25, 0.3) is 11.4 Å². The largest absolute Gasteiger partial charge is 0.492 e. The number of rotatable bonds is 5. The first-order valence-electron chi connectivity index (χ1n) is 7.44. The van der Waals surface area contributed by atoms with E-state index in [1.165, 1.54) is 19.3 Å². The third-order valence-electron chi connectivity index (χ3n) is 3.99. The van der Waals surface area contributed by atoms with Gasteiger partial charge >= 0.3 is 0 Å². The molecule has 0 aliphatic heterocycles. The van der Waals surface area contributed by atoms with Gasteiger partial charge in [-0.25, -0.2) is 0 Å². The van der Waals surface area contributed by atoms with Crippen LogP contribution in [-0.4, -0.2) is 16.7 Å². The lowest BCUT2D eigenvalue weighted by molar-refractivity contribution is 0.180. The Bertz CT molecular complexity index is 632. The van der Waals surface area contributed by atoms with Gasteiger partial charge in [0, 0.05) is 0 Å². The Morgan fingerprint density at radius 3 is 2.76 bits per heavy atom. The zero-order valence-electron chi connectivity index (χ0n) is 12.6. The summed E-state index contributed by atoms with van der Waals surface area (Å²) >= 11 is 0. The average molecular weight is 287 g/mol. The van der Waals surface area contributed by atoms with Gasteiger partial charge in [0.05, 0.1) is 18.7 Å². The third-order valence-corrected chi connectivity index (χ3v) is 3.99. The van der Waals surface area contributed by atoms with Gasteiger partial charge in [0.25, 0.3) is 0 Å². The summed E-state index contributed by atoms with van der Waals surface area (Å²) in [7, 11) is 0. The van der Waals surface area contributed by atoms with Crippen molar-refractivity contribution in [2.45, 2.75) is 39.7 Å². The van der Waals surface area contributed by atoms with Crippen molar-refractivity contribution in [3.8, 4) is 17.1 Å². The van der Waals surface area contributed by atoms with E-state index in [9.17, 15) is 0 Å². The van der Waals surface area contributed by atoms with Crippen LogP contribution in [-0.2, 0) is 6.54 Å². The monoisotopic (exact) mass is 287 g/mol. The summed E-state index contributed by atoms with van der Waals surface area (Å²) < 4.78 is 11.2. The van der Waals surface area contributed by atoms with Crippen molar-refractivity contribution in [3.05, 3.63) is 29.2 Å². The molecular formula is C16H21N3O2. The molecule has 2 aromatic rings. The maximum absolute atomic E-state index is 6.07. The zero-order chi connectivity index (χ0) is 14.8. The molecule has 1 aromatic carbocycles. The quantitative estimate of drug-likeness (QED) is 0.915. The number of ether oxygens (including phenoxy) is 1. The van der Waals surface area contributed by atoms with Gasteiger partial charge in [-0.05, 0) is 49.8 Å². The first kappa shape index (κ1) is 14.1. The van der Waals surface area contributed by atoms with Crippen molar-refractivity contribution in [1.29, 1.82) is 0 Å². The molecule has 3 rings (SSSR count). The second-order valence-electron chi connectivity index (χ2n) is 5.78. The van der Waals surface area contributed by atoms with Gasteiger partial charge in [-0.1, -0.05) is 17.6 Å². The van der Waals surface area contributed by atoms with Crippen LogP contribution < -0.4 is 10.5 Å². The Hall–Kier alpha value is -1.88. The standard InChI is InChI=1S/C16H21N3O2/c1-10-6-11(2)15(20-9-12-4-3-5-12)13(7-10)16-18-14(8-17)21-19-16/h6-7,12H,3-5,8-9,17H2,1-2H3. The summed E-state index contributed by atoms with van der Waals surface area (Å²) in [5.41, 5.74) is 8.67. The number of hydrogen-bond donors (Lipinski definition) is 1. The molecule has 112 valence electrons. The maximum Gasteiger partial charge on any atom is 0.240 e. The van der Waals surface area contributed by atoms with Crippen LogP contribution in [0.4, 0.5) is 0 Å². The molecule has 21 heavy (non-hydrogen) atoms. The van der Waals surface area contributed by atoms with Gasteiger partial charge < -0.3 is 15.0 Å². The van der Waals surface area contributed by atoms with Crippen molar-refractivity contribution < 1.29 is 9.26 Å². The second kappa shape index (κ2) is 5.85. The lowest BCUT2D eigenvalue weighted by Gasteiger charge is -2.26. The minimum Gasteiger partial charge on any atom is -0.492 e. The Kier molecular flexibility index (Phi) is 3.92. The highest BCUT2D eigenvalue weighted by molar-refractivity contribution is 5.67. The number of aromatic nitrogens is 2. The summed E-state index contributed by atoms with van der Waals surface area (Å²) in [4.78, 5) is 4.32. The van der Waals surface area contributed by atoms with Crippen molar-refractivity contribution in [1.82, 2.24) is 10.1 Å². The number of nitrogens with zero attached hydrogens (tertiary/aromatic N) is 2. The normalized spacial score (nSPS) is 15.0. The molecule has 1 saturated carbocycles. The molecule has 0 bridgehead atoms. The summed E-state index contributed by atoms with van der Waals surface area (Å²) in [6.45, 7) is 5.11. The molecule has 5 heteroatoms. The van der Waals surface area contributed by atoms with Gasteiger partial charge in [-0.2, -0.15) is 4.98 Å². The van der Waals surface area contributed by atoms with E-state index in [0.717, 1.165) is 29.0 Å². The Morgan fingerprint density at radius 2 is 2.14 bits per heavy atom. The smallest absolute Gasteiger partial charge is 0.240 e. The molecule has 1 aliphatic rings. The van der Waals surface area contributed by atoms with Crippen molar-refractivity contribution in [2.24, 2.45) is 11.7 Å². The molecule has 0 unspecified atom stereocenters. The third kappa shape index (κ3) is 2.93. The van der Waals surface area contributed by atoms with Crippen LogP contribution >= 0.6 is 0 Å². The van der Waals surface area contributed by atoms with E-state index in [4.69, 9.17) is 15.0 Å². The fourth-order valence-corrected chi connectivity index (χ4v) is 2.62. The predicted molar refractivity (Wildman–Crippen MR) is 79.9 cm³/mol. The zero-order valence-corrected chi connectivity index (χ0v) is 12.6. The minimum absolute atomic E-state index is 0.246. The van der Waals surface area contributed by atoms with E-state index in [1.807, 2.05) is 6.07 Å². The molecule has 0 radical (unpaired) electrons. The van der Waals surface area contributed by atoms with Crippen LogP contribution in [0.2, 0.25) is 0 Å². The first-order chi connectivity index (χ1) is 10.2. The number of benzene rings is 1. The highest BCUT2D eigenvalue weighted by Crippen LogP contribution is 2.34. The molecule has 1 aliphatic carbocycles. The molecule has 5 nitrogen and oxygen atoms in total. The lowest BCUT2D eigenvalue weighted by atomic mass is 9.86. The van der Waals surface area contributed by atoms with Gasteiger partial charge in [-0.15, -0.1) is 0 Å². The van der Waals surface area contributed by atoms with Crippen LogP contribution in [0.15, 0.2) is 16.7 Å². The molecule has 0 saturated heterocycles. The summed E-state index contributed by atoms with van der Waals surface area (Å²) in [6, 6.07) is 4.15. The summed E-state index contributed by atoms with van der Waals surface area (Å²) in [6.07, 6.45) is 3.85. The van der Waals surface area contributed by atoms with Crippen molar-refractivity contribution in [2.75, 3.05) is 6.61 Å². The summed E-state index contributed by atoms with van der Waals surface area (Å²) in [5, 5.41) is 4.02. The molecule has 0 amide bonds. The van der Waals surface area contributed by atoms with E-state index in [0.29, 0.717) is 17.6 Å². The maximum atomic E-state index is 6.07. The molecular weight excluding hydrogens is 266 g/mol. The van der Waals surface area contributed by atoms with Gasteiger partial charge in [-0.3, -0.25) is 0 Å². The van der Waals surface area contributed by atoms with E-state index < -0.39 is 0 Å².